The molecule has 2 heterocycles. The molecule has 1 atom stereocenters. The first-order valence-electron chi connectivity index (χ1n) is 5.54. The van der Waals surface area contributed by atoms with Crippen LogP contribution in [0.3, 0.4) is 0 Å². The van der Waals surface area contributed by atoms with E-state index in [1.807, 2.05) is 18.2 Å². The zero-order valence-electron chi connectivity index (χ0n) is 9.19. The van der Waals surface area contributed by atoms with Crippen molar-refractivity contribution in [2.24, 2.45) is 0 Å². The molecule has 0 radical (unpaired) electrons. The van der Waals surface area contributed by atoms with E-state index in [-0.39, 0.29) is 5.92 Å². The van der Waals surface area contributed by atoms with E-state index >= 15 is 0 Å². The number of halogens is 1. The van der Waals surface area contributed by atoms with E-state index < -0.39 is 0 Å². The topological polar surface area (TPSA) is 61.0 Å². The number of ether oxygens (including phenoxy) is 1. The van der Waals surface area contributed by atoms with Gasteiger partial charge in [0.15, 0.2) is 0 Å². The second kappa shape index (κ2) is 4.23. The number of nitrogen functional groups attached to an aromatic ring is 1. The Morgan fingerprint density at radius 2 is 2.24 bits per heavy atom. The van der Waals surface area contributed by atoms with Crippen molar-refractivity contribution in [3.8, 4) is 0 Å². The molecule has 88 valence electrons. The molecule has 2 N–H and O–H groups in total. The van der Waals surface area contributed by atoms with Gasteiger partial charge in [0, 0.05) is 22.4 Å². The van der Waals surface area contributed by atoms with Crippen molar-refractivity contribution in [2.45, 2.75) is 12.3 Å². The summed E-state index contributed by atoms with van der Waals surface area (Å²) in [6.07, 6.45) is 0.974. The summed E-state index contributed by atoms with van der Waals surface area (Å²) >= 11 is 3.42. The van der Waals surface area contributed by atoms with Crippen LogP contribution < -0.4 is 5.73 Å². The van der Waals surface area contributed by atoms with E-state index in [0.717, 1.165) is 34.2 Å². The van der Waals surface area contributed by atoms with Gasteiger partial charge in [-0.2, -0.15) is 0 Å². The highest BCUT2D eigenvalue weighted by Gasteiger charge is 2.21. The van der Waals surface area contributed by atoms with E-state index in [0.29, 0.717) is 12.4 Å². The Kier molecular flexibility index (Phi) is 2.72. The number of benzene rings is 1. The number of anilines is 1. The molecule has 0 bridgehead atoms. The van der Waals surface area contributed by atoms with Gasteiger partial charge in [0.25, 0.3) is 0 Å². The molecule has 1 aliphatic heterocycles. The summed E-state index contributed by atoms with van der Waals surface area (Å²) in [5.41, 5.74) is 6.87. The number of hydrogen-bond donors (Lipinski definition) is 1. The second-order valence-electron chi connectivity index (χ2n) is 4.19. The zero-order valence-corrected chi connectivity index (χ0v) is 10.8. The first-order chi connectivity index (χ1) is 8.24. The van der Waals surface area contributed by atoms with Crippen molar-refractivity contribution in [1.82, 2.24) is 9.97 Å². The normalized spacial score (nSPS) is 19.9. The van der Waals surface area contributed by atoms with Crippen molar-refractivity contribution in [1.29, 1.82) is 0 Å². The number of nitrogens with zero attached hydrogens (tertiary/aromatic N) is 2. The molecule has 1 aromatic carbocycles. The third-order valence-electron chi connectivity index (χ3n) is 3.00. The fourth-order valence-corrected chi connectivity index (χ4v) is 2.42. The zero-order chi connectivity index (χ0) is 11.8. The van der Waals surface area contributed by atoms with Crippen LogP contribution in [0, 0.1) is 0 Å². The van der Waals surface area contributed by atoms with Gasteiger partial charge < -0.3 is 10.5 Å². The molecule has 0 aliphatic carbocycles. The highest BCUT2D eigenvalue weighted by molar-refractivity contribution is 9.10. The number of fused-ring (bicyclic) bond motifs is 1. The molecule has 0 saturated carbocycles. The van der Waals surface area contributed by atoms with Crippen molar-refractivity contribution in [3.63, 3.8) is 0 Å². The van der Waals surface area contributed by atoms with Gasteiger partial charge in [0.1, 0.15) is 11.6 Å². The Labute approximate surface area is 107 Å². The highest BCUT2D eigenvalue weighted by Crippen LogP contribution is 2.27. The van der Waals surface area contributed by atoms with Gasteiger partial charge in [-0.15, -0.1) is 0 Å². The molecule has 1 saturated heterocycles. The monoisotopic (exact) mass is 293 g/mol. The molecule has 1 aliphatic rings. The Balaban J connectivity index is 2.13. The van der Waals surface area contributed by atoms with E-state index in [1.54, 1.807) is 0 Å². The molecular weight excluding hydrogens is 282 g/mol. The number of hydrogen-bond acceptors (Lipinski definition) is 4. The van der Waals surface area contributed by atoms with Gasteiger partial charge in [-0.1, -0.05) is 15.9 Å². The van der Waals surface area contributed by atoms with Crippen LogP contribution in [0.2, 0.25) is 0 Å². The van der Waals surface area contributed by atoms with Gasteiger partial charge in [-0.3, -0.25) is 0 Å². The van der Waals surface area contributed by atoms with Crippen LogP contribution in [-0.2, 0) is 4.74 Å². The van der Waals surface area contributed by atoms with Crippen molar-refractivity contribution >= 4 is 32.7 Å². The van der Waals surface area contributed by atoms with E-state index in [2.05, 4.69) is 25.9 Å². The largest absolute Gasteiger partial charge is 0.383 e. The second-order valence-corrected chi connectivity index (χ2v) is 5.10. The maximum Gasteiger partial charge on any atom is 0.136 e. The molecule has 0 amide bonds. The molecule has 1 aromatic heterocycles. The van der Waals surface area contributed by atoms with Gasteiger partial charge in [-0.25, -0.2) is 9.97 Å². The van der Waals surface area contributed by atoms with Crippen LogP contribution in [0.4, 0.5) is 5.82 Å². The summed E-state index contributed by atoms with van der Waals surface area (Å²) in [5, 5.41) is 0.891. The average Bonchev–Trinajstić information content (AvgIpc) is 2.83. The molecule has 1 fully saturated rings. The minimum Gasteiger partial charge on any atom is -0.383 e. The Bertz CT molecular complexity index is 567. The van der Waals surface area contributed by atoms with Crippen LogP contribution in [0.15, 0.2) is 22.7 Å². The smallest absolute Gasteiger partial charge is 0.136 e. The predicted molar refractivity (Wildman–Crippen MR) is 69.8 cm³/mol. The quantitative estimate of drug-likeness (QED) is 0.877. The van der Waals surface area contributed by atoms with Crippen molar-refractivity contribution in [2.75, 3.05) is 18.9 Å². The Hall–Kier alpha value is -1.20. The summed E-state index contributed by atoms with van der Waals surface area (Å²) in [5.74, 6) is 1.62. The van der Waals surface area contributed by atoms with E-state index in [9.17, 15) is 0 Å². The average molecular weight is 294 g/mol. The van der Waals surface area contributed by atoms with Gasteiger partial charge in [-0.05, 0) is 24.6 Å². The molecule has 4 nitrogen and oxygen atoms in total. The standard InChI is InChI=1S/C12H12BrN3O/c13-8-1-2-10-9(5-8)11(14)16-12(15-10)7-3-4-17-6-7/h1-2,5,7H,3-4,6H2,(H2,14,15,16). The Morgan fingerprint density at radius 3 is 3.00 bits per heavy atom. The van der Waals surface area contributed by atoms with Crippen molar-refractivity contribution in [3.05, 3.63) is 28.5 Å². The molecule has 1 unspecified atom stereocenters. The summed E-state index contributed by atoms with van der Waals surface area (Å²) in [4.78, 5) is 8.96. The minimum absolute atomic E-state index is 0.283. The van der Waals surface area contributed by atoms with Crippen LogP contribution >= 0.6 is 15.9 Å². The first-order valence-corrected chi connectivity index (χ1v) is 6.34. The molecule has 5 heteroatoms. The summed E-state index contributed by atoms with van der Waals surface area (Å²) in [6.45, 7) is 1.48. The SMILES string of the molecule is Nc1nc(C2CCOC2)nc2ccc(Br)cc12. The minimum atomic E-state index is 0.283. The molecule has 0 spiro atoms. The van der Waals surface area contributed by atoms with Crippen LogP contribution in [0.1, 0.15) is 18.2 Å². The maximum absolute atomic E-state index is 5.98. The molecule has 2 aromatic rings. The van der Waals surface area contributed by atoms with E-state index in [1.165, 1.54) is 0 Å². The van der Waals surface area contributed by atoms with Crippen LogP contribution in [-0.4, -0.2) is 23.2 Å². The third kappa shape index (κ3) is 2.00. The molecular formula is C12H12BrN3O. The number of nitrogens with two attached hydrogens (primary N) is 1. The highest BCUT2D eigenvalue weighted by atomic mass is 79.9. The lowest BCUT2D eigenvalue weighted by Gasteiger charge is -2.09. The van der Waals surface area contributed by atoms with Crippen LogP contribution in [0.5, 0.6) is 0 Å². The lowest BCUT2D eigenvalue weighted by Crippen LogP contribution is -2.07. The van der Waals surface area contributed by atoms with Gasteiger partial charge in [0.05, 0.1) is 12.1 Å². The van der Waals surface area contributed by atoms with Crippen molar-refractivity contribution < 1.29 is 4.74 Å². The third-order valence-corrected chi connectivity index (χ3v) is 3.49. The molecule has 17 heavy (non-hydrogen) atoms. The fraction of sp³-hybridized carbons (Fsp3) is 0.333. The number of aromatic nitrogens is 2. The summed E-state index contributed by atoms with van der Waals surface area (Å²) in [7, 11) is 0. The summed E-state index contributed by atoms with van der Waals surface area (Å²) in [6, 6.07) is 5.86. The first kappa shape index (κ1) is 10.9. The lowest BCUT2D eigenvalue weighted by atomic mass is 10.1. The Morgan fingerprint density at radius 1 is 1.35 bits per heavy atom. The number of rotatable bonds is 1. The predicted octanol–water partition coefficient (Wildman–Crippen LogP) is 2.48. The van der Waals surface area contributed by atoms with Crippen LogP contribution in [0.25, 0.3) is 10.9 Å². The lowest BCUT2D eigenvalue weighted by molar-refractivity contribution is 0.193. The molecule has 3 rings (SSSR count). The summed E-state index contributed by atoms with van der Waals surface area (Å²) < 4.78 is 6.34. The van der Waals surface area contributed by atoms with Gasteiger partial charge >= 0.3 is 0 Å². The van der Waals surface area contributed by atoms with E-state index in [4.69, 9.17) is 10.5 Å². The maximum atomic E-state index is 5.98. The fourth-order valence-electron chi connectivity index (χ4n) is 2.06. The van der Waals surface area contributed by atoms with Gasteiger partial charge in [0.2, 0.25) is 0 Å².